The minimum absolute atomic E-state index is 0.0523. The van der Waals surface area contributed by atoms with Gasteiger partial charge >= 0.3 is 0 Å². The molecule has 0 aliphatic carbocycles. The van der Waals surface area contributed by atoms with Crippen LogP contribution in [0.4, 0.5) is 0 Å². The molecule has 0 radical (unpaired) electrons. The predicted octanol–water partition coefficient (Wildman–Crippen LogP) is -2.58. The summed E-state index contributed by atoms with van der Waals surface area (Å²) >= 11 is 0. The average molecular weight is 715 g/mol. The number of phenolic OH excluding ortho intramolecular Hbond substituents is 2. The van der Waals surface area contributed by atoms with Gasteiger partial charge in [-0.25, -0.2) is 0 Å². The first-order valence-electron chi connectivity index (χ1n) is 17.0. The Balaban J connectivity index is 2.05. The zero-order chi connectivity index (χ0) is 37.9. The summed E-state index contributed by atoms with van der Waals surface area (Å²) in [6.07, 6.45) is 1.18. The summed E-state index contributed by atoms with van der Waals surface area (Å²) in [7, 11) is 0. The third-order valence-corrected chi connectivity index (χ3v) is 8.02. The van der Waals surface area contributed by atoms with Gasteiger partial charge in [0, 0.05) is 19.5 Å². The van der Waals surface area contributed by atoms with Crippen molar-refractivity contribution in [3.63, 3.8) is 0 Å². The summed E-state index contributed by atoms with van der Waals surface area (Å²) < 4.78 is 0. The second kappa shape index (κ2) is 22.1. The SMILES string of the molecule is Cc1cc(-c2ccc(O)c(C[C@H](N)C(=O)N[C@@H](CCCN)C(=O)NCC(=O)N[C@@H](CCCN)C(=O)N[C@@H](CCN)C(=O)NCCN)c2)ccc1O. The molecule has 0 heterocycles. The standard InChI is InChI=1S/C34H54N10O7/c1-20-16-21(6-8-28(20)45)22-7-9-29(46)23(17-22)18-24(39)31(48)43-25(4-2-11-35)33(50)41-19-30(47)42-26(5-3-12-36)34(51)44-27(10-13-37)32(49)40-15-14-38/h6-9,16-17,24-27,45-46H,2-5,10-15,18-19,35-39H2,1H3,(H,40,49)(H,41,50)(H,42,47)(H,43,48)(H,44,51)/t24-,25-,26-,27-/m0/s1. The molecule has 17 nitrogen and oxygen atoms in total. The van der Waals surface area contributed by atoms with Crippen molar-refractivity contribution in [3.8, 4) is 22.6 Å². The van der Waals surface area contributed by atoms with Crippen LogP contribution < -0.4 is 55.3 Å². The Hall–Kier alpha value is -4.81. The lowest BCUT2D eigenvalue weighted by molar-refractivity contribution is -0.133. The molecule has 0 saturated carbocycles. The van der Waals surface area contributed by atoms with E-state index in [1.807, 2.05) is 0 Å². The van der Waals surface area contributed by atoms with E-state index >= 15 is 0 Å². The monoisotopic (exact) mass is 714 g/mol. The smallest absolute Gasteiger partial charge is 0.243 e. The normalized spacial score (nSPS) is 13.3. The molecule has 0 spiro atoms. The van der Waals surface area contributed by atoms with Gasteiger partial charge in [0.15, 0.2) is 0 Å². The lowest BCUT2D eigenvalue weighted by Crippen LogP contribution is -2.56. The van der Waals surface area contributed by atoms with Crippen LogP contribution in [0.3, 0.4) is 0 Å². The van der Waals surface area contributed by atoms with Crippen molar-refractivity contribution in [1.82, 2.24) is 26.6 Å². The molecule has 0 aliphatic heterocycles. The number of hydrogen-bond donors (Lipinski definition) is 12. The largest absolute Gasteiger partial charge is 0.508 e. The van der Waals surface area contributed by atoms with Gasteiger partial charge in [-0.3, -0.25) is 24.0 Å². The van der Waals surface area contributed by atoms with Crippen molar-refractivity contribution < 1.29 is 34.2 Å². The Kier molecular flexibility index (Phi) is 18.4. The summed E-state index contributed by atoms with van der Waals surface area (Å²) in [6, 6.07) is 5.74. The molecular formula is C34H54N10O7. The van der Waals surface area contributed by atoms with E-state index in [1.54, 1.807) is 37.3 Å². The van der Waals surface area contributed by atoms with E-state index in [0.29, 0.717) is 24.0 Å². The van der Waals surface area contributed by atoms with E-state index < -0.39 is 60.2 Å². The minimum atomic E-state index is -1.15. The maximum atomic E-state index is 13.1. The Labute approximate surface area is 297 Å². The summed E-state index contributed by atoms with van der Waals surface area (Å²) in [6.45, 7) is 2.26. The van der Waals surface area contributed by atoms with Crippen molar-refractivity contribution in [2.75, 3.05) is 39.3 Å². The van der Waals surface area contributed by atoms with Crippen LogP contribution in [0.25, 0.3) is 11.1 Å². The molecule has 0 unspecified atom stereocenters. The van der Waals surface area contributed by atoms with Crippen molar-refractivity contribution in [2.24, 2.45) is 28.7 Å². The molecule has 5 amide bonds. The molecule has 0 bridgehead atoms. The third-order valence-electron chi connectivity index (χ3n) is 8.02. The quantitative estimate of drug-likeness (QED) is 0.0598. The number of aryl methyl sites for hydroxylation is 1. The van der Waals surface area contributed by atoms with Crippen molar-refractivity contribution in [3.05, 3.63) is 47.5 Å². The number of amides is 5. The van der Waals surface area contributed by atoms with Crippen molar-refractivity contribution in [2.45, 2.75) is 69.6 Å². The number of carbonyl (C=O) groups excluding carboxylic acids is 5. The molecule has 51 heavy (non-hydrogen) atoms. The lowest BCUT2D eigenvalue weighted by atomic mass is 9.97. The van der Waals surface area contributed by atoms with Gasteiger partial charge in [0.25, 0.3) is 0 Å². The first kappa shape index (κ1) is 42.4. The van der Waals surface area contributed by atoms with Crippen LogP contribution in [0.5, 0.6) is 11.5 Å². The Morgan fingerprint density at radius 2 is 1.20 bits per heavy atom. The summed E-state index contributed by atoms with van der Waals surface area (Å²) in [4.78, 5) is 64.7. The highest BCUT2D eigenvalue weighted by Gasteiger charge is 2.28. The average Bonchev–Trinajstić information content (AvgIpc) is 3.11. The zero-order valence-corrected chi connectivity index (χ0v) is 29.1. The maximum absolute atomic E-state index is 13.1. The number of benzene rings is 2. The Bertz CT molecular complexity index is 1470. The number of hydrogen-bond acceptors (Lipinski definition) is 12. The number of phenols is 2. The molecule has 2 rings (SSSR count). The van der Waals surface area contributed by atoms with Crippen molar-refractivity contribution in [1.29, 1.82) is 0 Å². The number of rotatable bonds is 22. The van der Waals surface area contributed by atoms with E-state index in [-0.39, 0.29) is 69.9 Å². The molecule has 0 fully saturated rings. The van der Waals surface area contributed by atoms with Crippen LogP contribution in [-0.2, 0) is 30.4 Å². The van der Waals surface area contributed by atoms with Crippen LogP contribution >= 0.6 is 0 Å². The van der Waals surface area contributed by atoms with E-state index in [9.17, 15) is 34.2 Å². The molecule has 2 aromatic carbocycles. The molecule has 17 N–H and O–H groups in total. The van der Waals surface area contributed by atoms with Gasteiger partial charge in [-0.2, -0.15) is 0 Å². The molecule has 0 saturated heterocycles. The van der Waals surface area contributed by atoms with Crippen molar-refractivity contribution >= 4 is 29.5 Å². The fraction of sp³-hybridized carbons (Fsp3) is 0.500. The van der Waals surface area contributed by atoms with Crippen LogP contribution in [0.2, 0.25) is 0 Å². The van der Waals surface area contributed by atoms with Gasteiger partial charge in [-0.15, -0.1) is 0 Å². The van der Waals surface area contributed by atoms with Gasteiger partial charge in [-0.05, 0) is 105 Å². The molecule has 2 aromatic rings. The third kappa shape index (κ3) is 14.1. The summed E-state index contributed by atoms with van der Waals surface area (Å²) in [5.74, 6) is -3.03. The van der Waals surface area contributed by atoms with Gasteiger partial charge in [0.1, 0.15) is 29.6 Å². The number of aromatic hydroxyl groups is 2. The van der Waals surface area contributed by atoms with E-state index in [4.69, 9.17) is 28.7 Å². The second-order valence-electron chi connectivity index (χ2n) is 12.1. The second-order valence-corrected chi connectivity index (χ2v) is 12.1. The fourth-order valence-electron chi connectivity index (χ4n) is 5.12. The fourth-order valence-corrected chi connectivity index (χ4v) is 5.12. The van der Waals surface area contributed by atoms with E-state index in [1.165, 1.54) is 6.07 Å². The highest BCUT2D eigenvalue weighted by Crippen LogP contribution is 2.29. The molecule has 4 atom stereocenters. The molecule has 282 valence electrons. The number of nitrogens with two attached hydrogens (primary N) is 5. The first-order chi connectivity index (χ1) is 24.3. The van der Waals surface area contributed by atoms with Crippen LogP contribution in [0, 0.1) is 6.92 Å². The van der Waals surface area contributed by atoms with E-state index in [2.05, 4.69) is 26.6 Å². The number of carbonyl (C=O) groups is 5. The van der Waals surface area contributed by atoms with Crippen LogP contribution in [-0.4, -0.2) is 103 Å². The van der Waals surface area contributed by atoms with Gasteiger partial charge < -0.3 is 65.5 Å². The summed E-state index contributed by atoms with van der Waals surface area (Å²) in [5.41, 5.74) is 31.1. The van der Waals surface area contributed by atoms with Crippen LogP contribution in [0.1, 0.15) is 43.2 Å². The highest BCUT2D eigenvalue weighted by atomic mass is 16.3. The molecular weight excluding hydrogens is 660 g/mol. The highest BCUT2D eigenvalue weighted by molar-refractivity contribution is 5.94. The minimum Gasteiger partial charge on any atom is -0.508 e. The first-order valence-corrected chi connectivity index (χ1v) is 17.0. The number of nitrogens with one attached hydrogen (secondary N) is 5. The van der Waals surface area contributed by atoms with Gasteiger partial charge in [-0.1, -0.05) is 12.1 Å². The maximum Gasteiger partial charge on any atom is 0.243 e. The Morgan fingerprint density at radius 1 is 0.647 bits per heavy atom. The van der Waals surface area contributed by atoms with Crippen LogP contribution in [0.15, 0.2) is 36.4 Å². The molecule has 0 aliphatic rings. The zero-order valence-electron chi connectivity index (χ0n) is 29.1. The van der Waals surface area contributed by atoms with Gasteiger partial charge in [0.2, 0.25) is 29.5 Å². The lowest BCUT2D eigenvalue weighted by Gasteiger charge is -2.23. The molecule has 17 heteroatoms. The van der Waals surface area contributed by atoms with E-state index in [0.717, 1.165) is 11.1 Å². The Morgan fingerprint density at radius 3 is 1.78 bits per heavy atom. The molecule has 0 aromatic heterocycles. The summed E-state index contributed by atoms with van der Waals surface area (Å²) in [5, 5.41) is 33.2. The topological polar surface area (TPSA) is 316 Å². The predicted molar refractivity (Wildman–Crippen MR) is 193 cm³/mol. The van der Waals surface area contributed by atoms with Gasteiger partial charge in [0.05, 0.1) is 12.6 Å².